The van der Waals surface area contributed by atoms with E-state index in [4.69, 9.17) is 4.74 Å². The maximum atomic E-state index is 12.0. The molecule has 0 saturated heterocycles. The van der Waals surface area contributed by atoms with Crippen molar-refractivity contribution in [3.05, 3.63) is 53.7 Å². The molecule has 126 valence electrons. The van der Waals surface area contributed by atoms with Crippen LogP contribution in [0.1, 0.15) is 41.0 Å². The smallest absolute Gasteiger partial charge is 0.340 e. The molecule has 0 bridgehead atoms. The lowest BCUT2D eigenvalue weighted by molar-refractivity contribution is 0.0527. The average Bonchev–Trinajstić information content (AvgIpc) is 2.60. The summed E-state index contributed by atoms with van der Waals surface area (Å²) >= 11 is 0. The van der Waals surface area contributed by atoms with E-state index in [-0.39, 0.29) is 5.91 Å². The fourth-order valence-electron chi connectivity index (χ4n) is 2.10. The van der Waals surface area contributed by atoms with Crippen LogP contribution in [0.25, 0.3) is 0 Å². The number of hydrogen-bond donors (Lipinski definition) is 2. The van der Waals surface area contributed by atoms with E-state index in [9.17, 15) is 9.59 Å². The SMILES string of the molecule is CCCNC(=O)c1ccnc(Nc2ccccc2C(=O)OCC)c1. The van der Waals surface area contributed by atoms with Crippen LogP contribution in [0.5, 0.6) is 0 Å². The van der Waals surface area contributed by atoms with Crippen LogP contribution < -0.4 is 10.6 Å². The summed E-state index contributed by atoms with van der Waals surface area (Å²) in [6.07, 6.45) is 2.42. The molecule has 0 saturated carbocycles. The monoisotopic (exact) mass is 327 g/mol. The summed E-state index contributed by atoms with van der Waals surface area (Å²) in [5, 5.41) is 5.89. The molecule has 2 aromatic rings. The van der Waals surface area contributed by atoms with Crippen molar-refractivity contribution in [2.75, 3.05) is 18.5 Å². The minimum absolute atomic E-state index is 0.152. The summed E-state index contributed by atoms with van der Waals surface area (Å²) in [5.41, 5.74) is 1.51. The van der Waals surface area contributed by atoms with Gasteiger partial charge < -0.3 is 15.4 Å². The Labute approximate surface area is 141 Å². The standard InChI is InChI=1S/C18H21N3O3/c1-3-10-20-17(22)13-9-11-19-16(12-13)21-15-8-6-5-7-14(15)18(23)24-4-2/h5-9,11-12H,3-4,10H2,1-2H3,(H,19,21)(H,20,22). The summed E-state index contributed by atoms with van der Waals surface area (Å²) in [6, 6.07) is 10.3. The molecule has 0 radical (unpaired) electrons. The highest BCUT2D eigenvalue weighted by Gasteiger charge is 2.13. The summed E-state index contributed by atoms with van der Waals surface area (Å²) in [6.45, 7) is 4.67. The Kier molecular flexibility index (Phi) is 6.31. The number of aromatic nitrogens is 1. The van der Waals surface area contributed by atoms with E-state index in [0.29, 0.717) is 35.8 Å². The first-order chi connectivity index (χ1) is 11.7. The van der Waals surface area contributed by atoms with Gasteiger partial charge in [0.05, 0.1) is 17.9 Å². The normalized spacial score (nSPS) is 10.1. The first-order valence-electron chi connectivity index (χ1n) is 7.93. The van der Waals surface area contributed by atoms with Crippen LogP contribution in [0.15, 0.2) is 42.6 Å². The van der Waals surface area contributed by atoms with Gasteiger partial charge >= 0.3 is 5.97 Å². The zero-order chi connectivity index (χ0) is 17.4. The predicted molar refractivity (Wildman–Crippen MR) is 92.5 cm³/mol. The van der Waals surface area contributed by atoms with Crippen molar-refractivity contribution >= 4 is 23.4 Å². The maximum Gasteiger partial charge on any atom is 0.340 e. The van der Waals surface area contributed by atoms with Gasteiger partial charge in [-0.3, -0.25) is 4.79 Å². The van der Waals surface area contributed by atoms with E-state index in [1.165, 1.54) is 0 Å². The number of anilines is 2. The largest absolute Gasteiger partial charge is 0.462 e. The number of carbonyl (C=O) groups excluding carboxylic acids is 2. The van der Waals surface area contributed by atoms with Crippen LogP contribution in [0.4, 0.5) is 11.5 Å². The predicted octanol–water partition coefficient (Wildman–Crippen LogP) is 3.14. The van der Waals surface area contributed by atoms with Crippen molar-refractivity contribution in [2.24, 2.45) is 0 Å². The van der Waals surface area contributed by atoms with Crippen molar-refractivity contribution in [2.45, 2.75) is 20.3 Å². The van der Waals surface area contributed by atoms with Gasteiger partial charge in [-0.25, -0.2) is 9.78 Å². The lowest BCUT2D eigenvalue weighted by atomic mass is 10.1. The number of esters is 1. The van der Waals surface area contributed by atoms with Gasteiger partial charge in [-0.2, -0.15) is 0 Å². The molecule has 0 aliphatic heterocycles. The van der Waals surface area contributed by atoms with Crippen molar-refractivity contribution in [3.63, 3.8) is 0 Å². The summed E-state index contributed by atoms with van der Waals surface area (Å²) in [4.78, 5) is 28.2. The molecule has 0 spiro atoms. The molecule has 6 nitrogen and oxygen atoms in total. The second-order valence-electron chi connectivity index (χ2n) is 5.08. The van der Waals surface area contributed by atoms with E-state index >= 15 is 0 Å². The summed E-state index contributed by atoms with van der Waals surface area (Å²) in [7, 11) is 0. The highest BCUT2D eigenvalue weighted by molar-refractivity contribution is 5.97. The van der Waals surface area contributed by atoms with Gasteiger partial charge in [-0.15, -0.1) is 0 Å². The summed E-state index contributed by atoms with van der Waals surface area (Å²) < 4.78 is 5.05. The van der Waals surface area contributed by atoms with Crippen molar-refractivity contribution in [1.29, 1.82) is 0 Å². The van der Waals surface area contributed by atoms with Gasteiger partial charge in [0.1, 0.15) is 5.82 Å². The number of rotatable bonds is 7. The molecule has 0 aliphatic rings. The quantitative estimate of drug-likeness (QED) is 0.764. The Morgan fingerprint density at radius 3 is 2.71 bits per heavy atom. The maximum absolute atomic E-state index is 12.0. The number of pyridine rings is 1. The lowest BCUT2D eigenvalue weighted by Crippen LogP contribution is -2.24. The molecule has 24 heavy (non-hydrogen) atoms. The Morgan fingerprint density at radius 2 is 1.96 bits per heavy atom. The Hall–Kier alpha value is -2.89. The third-order valence-electron chi connectivity index (χ3n) is 3.24. The molecular formula is C18H21N3O3. The molecule has 2 N–H and O–H groups in total. The molecule has 1 aromatic heterocycles. The van der Waals surface area contributed by atoms with Crippen molar-refractivity contribution in [3.8, 4) is 0 Å². The fourth-order valence-corrected chi connectivity index (χ4v) is 2.10. The van der Waals surface area contributed by atoms with E-state index < -0.39 is 5.97 Å². The van der Waals surface area contributed by atoms with Crippen LogP contribution in [0, 0.1) is 0 Å². The number of hydrogen-bond acceptors (Lipinski definition) is 5. The summed E-state index contributed by atoms with van der Waals surface area (Å²) in [5.74, 6) is -0.0747. The number of ether oxygens (including phenoxy) is 1. The minimum Gasteiger partial charge on any atom is -0.462 e. The van der Waals surface area contributed by atoms with Crippen LogP contribution in [0.2, 0.25) is 0 Å². The van der Waals surface area contributed by atoms with E-state index in [2.05, 4.69) is 15.6 Å². The first-order valence-corrected chi connectivity index (χ1v) is 7.93. The molecule has 0 atom stereocenters. The van der Waals surface area contributed by atoms with Gasteiger partial charge in [-0.1, -0.05) is 19.1 Å². The fraction of sp³-hybridized carbons (Fsp3) is 0.278. The number of para-hydroxylation sites is 1. The number of nitrogens with zero attached hydrogens (tertiary/aromatic N) is 1. The van der Waals surface area contributed by atoms with Crippen LogP contribution in [-0.2, 0) is 4.74 Å². The van der Waals surface area contributed by atoms with Crippen LogP contribution >= 0.6 is 0 Å². The third-order valence-corrected chi connectivity index (χ3v) is 3.24. The third kappa shape index (κ3) is 4.55. The molecule has 1 heterocycles. The number of benzene rings is 1. The number of amides is 1. The van der Waals surface area contributed by atoms with Crippen LogP contribution in [-0.4, -0.2) is 30.0 Å². The second-order valence-corrected chi connectivity index (χ2v) is 5.08. The van der Waals surface area contributed by atoms with Gasteiger partial charge in [0.2, 0.25) is 0 Å². The number of carbonyl (C=O) groups is 2. The van der Waals surface area contributed by atoms with Gasteiger partial charge in [0.25, 0.3) is 5.91 Å². The van der Waals surface area contributed by atoms with E-state index in [0.717, 1.165) is 6.42 Å². The highest BCUT2D eigenvalue weighted by Crippen LogP contribution is 2.21. The molecule has 6 heteroatoms. The molecule has 1 amide bonds. The average molecular weight is 327 g/mol. The Bertz CT molecular complexity index is 716. The van der Waals surface area contributed by atoms with Crippen molar-refractivity contribution < 1.29 is 14.3 Å². The second kappa shape index (κ2) is 8.67. The first kappa shape index (κ1) is 17.5. The van der Waals surface area contributed by atoms with E-state index in [1.807, 2.05) is 13.0 Å². The van der Waals surface area contributed by atoms with E-state index in [1.54, 1.807) is 43.5 Å². The zero-order valence-corrected chi connectivity index (χ0v) is 13.8. The van der Waals surface area contributed by atoms with Gasteiger partial charge in [-0.05, 0) is 37.6 Å². The molecule has 2 rings (SSSR count). The molecule has 0 aliphatic carbocycles. The highest BCUT2D eigenvalue weighted by atomic mass is 16.5. The topological polar surface area (TPSA) is 80.3 Å². The van der Waals surface area contributed by atoms with Gasteiger partial charge in [0.15, 0.2) is 0 Å². The molecule has 0 unspecified atom stereocenters. The minimum atomic E-state index is -0.405. The zero-order valence-electron chi connectivity index (χ0n) is 13.8. The van der Waals surface area contributed by atoms with Gasteiger partial charge in [0, 0.05) is 18.3 Å². The van der Waals surface area contributed by atoms with Crippen molar-refractivity contribution in [1.82, 2.24) is 10.3 Å². The Balaban J connectivity index is 2.20. The molecule has 1 aromatic carbocycles. The molecular weight excluding hydrogens is 306 g/mol. The molecule has 0 fully saturated rings. The number of nitrogens with one attached hydrogen (secondary N) is 2. The lowest BCUT2D eigenvalue weighted by Gasteiger charge is -2.11. The Morgan fingerprint density at radius 1 is 1.17 bits per heavy atom. The van der Waals surface area contributed by atoms with Crippen LogP contribution in [0.3, 0.4) is 0 Å².